The van der Waals surface area contributed by atoms with Crippen molar-refractivity contribution in [3.63, 3.8) is 0 Å². The summed E-state index contributed by atoms with van der Waals surface area (Å²) in [5, 5.41) is 4.66. The zero-order valence-electron chi connectivity index (χ0n) is 12.6. The molecule has 2 N–H and O–H groups in total. The molecule has 114 valence electrons. The lowest BCUT2D eigenvalue weighted by atomic mass is 10.0. The Morgan fingerprint density at radius 1 is 1.26 bits per heavy atom. The smallest absolute Gasteiger partial charge is 0.228 e. The lowest BCUT2D eigenvalue weighted by molar-refractivity contribution is 0.0786. The molecule has 0 bridgehead atoms. The average Bonchev–Trinajstić information content (AvgIpc) is 2.34. The van der Waals surface area contributed by atoms with Crippen molar-refractivity contribution in [3.8, 4) is 0 Å². The molecule has 19 heavy (non-hydrogen) atoms. The Morgan fingerprint density at radius 3 is 2.37 bits per heavy atom. The van der Waals surface area contributed by atoms with E-state index in [0.717, 1.165) is 25.8 Å². The summed E-state index contributed by atoms with van der Waals surface area (Å²) in [6.07, 6.45) is 4.29. The van der Waals surface area contributed by atoms with Crippen molar-refractivity contribution in [1.29, 1.82) is 0 Å². The van der Waals surface area contributed by atoms with Gasteiger partial charge in [0.05, 0.1) is 5.25 Å². The molecule has 1 fully saturated rings. The van der Waals surface area contributed by atoms with Gasteiger partial charge in [-0.2, -0.15) is 0 Å². The maximum absolute atomic E-state index is 12.3. The van der Waals surface area contributed by atoms with Gasteiger partial charge >= 0.3 is 0 Å². The first-order valence-electron chi connectivity index (χ1n) is 7.38. The van der Waals surface area contributed by atoms with Gasteiger partial charge in [0.1, 0.15) is 0 Å². The Morgan fingerprint density at radius 2 is 1.84 bits per heavy atom. The highest BCUT2D eigenvalue weighted by molar-refractivity contribution is 7.90. The van der Waals surface area contributed by atoms with Crippen molar-refractivity contribution in [2.45, 2.75) is 70.7 Å². The third-order valence-electron chi connectivity index (χ3n) is 3.81. The van der Waals surface area contributed by atoms with Gasteiger partial charge in [0, 0.05) is 18.6 Å². The molecule has 3 atom stereocenters. The van der Waals surface area contributed by atoms with Crippen LogP contribution < -0.4 is 10.1 Å². The Kier molecular flexibility index (Phi) is 6.73. The molecule has 1 rings (SSSR count). The molecule has 1 heterocycles. The van der Waals surface area contributed by atoms with Gasteiger partial charge in [0.2, 0.25) is 10.0 Å². The maximum atomic E-state index is 12.3. The van der Waals surface area contributed by atoms with Crippen LogP contribution in [-0.4, -0.2) is 43.8 Å². The number of sulfonamides is 1. The summed E-state index contributed by atoms with van der Waals surface area (Å²) >= 11 is 0. The number of hydrogen-bond donors (Lipinski definition) is 2. The van der Waals surface area contributed by atoms with Gasteiger partial charge in [-0.1, -0.05) is 13.3 Å². The van der Waals surface area contributed by atoms with Crippen molar-refractivity contribution < 1.29 is 8.42 Å². The second-order valence-corrected chi connectivity index (χ2v) is 7.76. The highest BCUT2D eigenvalue weighted by Gasteiger charge is 2.30. The monoisotopic (exact) mass is 291 g/mol. The molecule has 0 aromatic heterocycles. The first-order chi connectivity index (χ1) is 8.88. The van der Waals surface area contributed by atoms with Gasteiger partial charge < -0.3 is 5.32 Å². The van der Waals surface area contributed by atoms with Crippen molar-refractivity contribution >= 4 is 10.0 Å². The van der Waals surface area contributed by atoms with Gasteiger partial charge in [-0.25, -0.2) is 13.4 Å². The second kappa shape index (κ2) is 7.57. The van der Waals surface area contributed by atoms with E-state index in [4.69, 9.17) is 0 Å². The highest BCUT2D eigenvalue weighted by Crippen LogP contribution is 2.21. The van der Waals surface area contributed by atoms with Gasteiger partial charge in [-0.15, -0.1) is 4.83 Å². The molecule has 0 saturated carbocycles. The van der Waals surface area contributed by atoms with Crippen LogP contribution in [0.25, 0.3) is 0 Å². The summed E-state index contributed by atoms with van der Waals surface area (Å²) in [5.74, 6) is 0. The Bertz CT molecular complexity index is 349. The molecule has 0 amide bonds. The molecular formula is C13H29N3O2S. The van der Waals surface area contributed by atoms with Crippen LogP contribution in [-0.2, 0) is 10.0 Å². The van der Waals surface area contributed by atoms with Crippen molar-refractivity contribution in [2.24, 2.45) is 0 Å². The summed E-state index contributed by atoms with van der Waals surface area (Å²) in [6, 6.07) is 0.545. The molecule has 0 radical (unpaired) electrons. The molecule has 3 unspecified atom stereocenters. The van der Waals surface area contributed by atoms with E-state index >= 15 is 0 Å². The Hall–Kier alpha value is -0.170. The summed E-state index contributed by atoms with van der Waals surface area (Å²) in [5.41, 5.74) is 0. The number of rotatable bonds is 7. The summed E-state index contributed by atoms with van der Waals surface area (Å²) < 4.78 is 24.6. The lowest BCUT2D eigenvalue weighted by Gasteiger charge is -2.39. The predicted molar refractivity (Wildman–Crippen MR) is 79.3 cm³/mol. The lowest BCUT2D eigenvalue weighted by Crippen LogP contribution is -2.56. The van der Waals surface area contributed by atoms with Crippen LogP contribution in [0.2, 0.25) is 0 Å². The number of nitrogens with zero attached hydrogens (tertiary/aromatic N) is 1. The van der Waals surface area contributed by atoms with E-state index in [2.05, 4.69) is 30.9 Å². The third kappa shape index (κ3) is 5.02. The van der Waals surface area contributed by atoms with Crippen LogP contribution in [0.5, 0.6) is 0 Å². The highest BCUT2D eigenvalue weighted by atomic mass is 32.2. The minimum Gasteiger partial charge on any atom is -0.315 e. The fourth-order valence-corrected chi connectivity index (χ4v) is 3.60. The Labute approximate surface area is 118 Å². The zero-order valence-corrected chi connectivity index (χ0v) is 13.5. The van der Waals surface area contributed by atoms with Gasteiger partial charge in [0.15, 0.2) is 0 Å². The molecular weight excluding hydrogens is 262 g/mol. The van der Waals surface area contributed by atoms with Crippen LogP contribution in [0.1, 0.15) is 53.4 Å². The van der Waals surface area contributed by atoms with E-state index in [0.29, 0.717) is 6.54 Å². The van der Waals surface area contributed by atoms with E-state index in [1.807, 2.05) is 5.01 Å². The Balaban J connectivity index is 2.57. The fraction of sp³-hybridized carbons (Fsp3) is 1.00. The molecule has 0 aromatic carbocycles. The molecule has 6 heteroatoms. The molecule has 5 nitrogen and oxygen atoms in total. The average molecular weight is 291 g/mol. The van der Waals surface area contributed by atoms with Crippen molar-refractivity contribution in [3.05, 3.63) is 0 Å². The number of nitrogens with one attached hydrogen (secondary N) is 2. The molecule has 1 saturated heterocycles. The predicted octanol–water partition coefficient (Wildman–Crippen LogP) is 1.47. The minimum atomic E-state index is -3.29. The van der Waals surface area contributed by atoms with Crippen LogP contribution in [0, 0.1) is 0 Å². The molecule has 1 aliphatic heterocycles. The first-order valence-corrected chi connectivity index (χ1v) is 8.93. The van der Waals surface area contributed by atoms with E-state index in [-0.39, 0.29) is 12.1 Å². The maximum Gasteiger partial charge on any atom is 0.228 e. The molecule has 0 aromatic rings. The normalized spacial score (nSPS) is 27.4. The van der Waals surface area contributed by atoms with Crippen molar-refractivity contribution in [1.82, 2.24) is 15.2 Å². The minimum absolute atomic E-state index is 0.273. The van der Waals surface area contributed by atoms with Gasteiger partial charge in [-0.3, -0.25) is 0 Å². The largest absolute Gasteiger partial charge is 0.315 e. The fourth-order valence-electron chi connectivity index (χ4n) is 2.43. The SMILES string of the molecule is CCCNCC(C)S(=O)(=O)NN1C(C)CCCC1C. The topological polar surface area (TPSA) is 61.4 Å². The van der Waals surface area contributed by atoms with E-state index in [9.17, 15) is 8.42 Å². The number of piperidine rings is 1. The van der Waals surface area contributed by atoms with Crippen LogP contribution in [0.15, 0.2) is 0 Å². The first kappa shape index (κ1) is 16.9. The second-order valence-electron chi connectivity index (χ2n) is 5.69. The van der Waals surface area contributed by atoms with Gasteiger partial charge in [0.25, 0.3) is 0 Å². The quantitative estimate of drug-likeness (QED) is 0.697. The summed E-state index contributed by atoms with van der Waals surface area (Å²) in [4.78, 5) is 2.79. The number of hydrogen-bond acceptors (Lipinski definition) is 4. The van der Waals surface area contributed by atoms with Crippen molar-refractivity contribution in [2.75, 3.05) is 13.1 Å². The van der Waals surface area contributed by atoms with Crippen LogP contribution in [0.3, 0.4) is 0 Å². The molecule has 1 aliphatic rings. The van der Waals surface area contributed by atoms with Gasteiger partial charge in [-0.05, 0) is 46.6 Å². The number of hydrazine groups is 1. The molecule has 0 spiro atoms. The van der Waals surface area contributed by atoms with E-state index < -0.39 is 15.3 Å². The zero-order chi connectivity index (χ0) is 14.5. The van der Waals surface area contributed by atoms with Crippen LogP contribution in [0.4, 0.5) is 0 Å². The summed E-state index contributed by atoms with van der Waals surface area (Å²) in [7, 11) is -3.29. The third-order valence-corrected chi connectivity index (χ3v) is 5.51. The standard InChI is InChI=1S/C13H29N3O2S/c1-5-9-14-10-13(4)19(17,18)15-16-11(2)7-6-8-12(16)3/h11-15H,5-10H2,1-4H3. The van der Waals surface area contributed by atoms with E-state index in [1.54, 1.807) is 6.92 Å². The van der Waals surface area contributed by atoms with E-state index in [1.165, 1.54) is 6.42 Å². The summed E-state index contributed by atoms with van der Waals surface area (Å²) in [6.45, 7) is 9.35. The van der Waals surface area contributed by atoms with Crippen LogP contribution >= 0.6 is 0 Å². The molecule has 0 aliphatic carbocycles.